The Morgan fingerprint density at radius 1 is 0.542 bits per heavy atom. The molecule has 0 spiro atoms. The van der Waals surface area contributed by atoms with E-state index >= 15 is 0 Å². The van der Waals surface area contributed by atoms with Crippen LogP contribution in [-0.2, 0) is 5.41 Å². The Kier molecular flexibility index (Phi) is 9.46. The fraction of sp³-hybridized carbons (Fsp3) is 0.127. The minimum Gasteiger partial charge on any atom is -0.507 e. The molecule has 0 aliphatic carbocycles. The van der Waals surface area contributed by atoms with Gasteiger partial charge in [0.2, 0.25) is 0 Å². The predicted octanol–water partition coefficient (Wildman–Crippen LogP) is 14.5. The molecule has 0 aliphatic rings. The fourth-order valence-corrected chi connectivity index (χ4v) is 7.90. The topological polar surface area (TPSA) is 50.9 Å². The van der Waals surface area contributed by atoms with Gasteiger partial charge in [-0.2, -0.15) is 0 Å². The zero-order valence-electron chi connectivity index (χ0n) is 35.1. The molecule has 59 heavy (non-hydrogen) atoms. The van der Waals surface area contributed by atoms with Crippen LogP contribution >= 0.6 is 0 Å². The highest BCUT2D eigenvalue weighted by atomic mass is 16.3. The highest BCUT2D eigenvalue weighted by Crippen LogP contribution is 2.41. The third-order valence-electron chi connectivity index (χ3n) is 11.2. The first-order valence-electron chi connectivity index (χ1n) is 20.7. The van der Waals surface area contributed by atoms with E-state index in [0.717, 1.165) is 78.0 Å². The maximum atomic E-state index is 11.4. The molecule has 288 valence electrons. The van der Waals surface area contributed by atoms with Gasteiger partial charge >= 0.3 is 0 Å². The molecular weight excluding hydrogens is 719 g/mol. The third-order valence-corrected chi connectivity index (χ3v) is 11.2. The van der Waals surface area contributed by atoms with Gasteiger partial charge in [-0.1, -0.05) is 150 Å². The van der Waals surface area contributed by atoms with Gasteiger partial charge in [0.1, 0.15) is 11.6 Å². The molecular formula is C55H47N3O. The lowest BCUT2D eigenvalue weighted by Crippen LogP contribution is -2.12. The standard InChI is InChI=1S/C55H47N3O/c1-36(2)37-23-25-40(26-24-37)41-27-28-56-50(34-41)45-30-42(38-15-8-6-9-16-38)29-44(31-45)48-20-14-21-51-53(48)57-54(49-19-12-13-22-52(49)59)58(51)47-33-43(39-17-10-7-11-18-39)32-46(35-47)55(3,4)5/h6-36,59H,1-5H3/i36D. The first-order chi connectivity index (χ1) is 28.9. The minimum atomic E-state index is -0.668. The number of hydrogen-bond donors (Lipinski definition) is 1. The van der Waals surface area contributed by atoms with E-state index in [4.69, 9.17) is 11.3 Å². The van der Waals surface area contributed by atoms with Gasteiger partial charge in [-0.15, -0.1) is 0 Å². The van der Waals surface area contributed by atoms with Crippen molar-refractivity contribution in [2.75, 3.05) is 0 Å². The van der Waals surface area contributed by atoms with Crippen molar-refractivity contribution in [3.05, 3.63) is 193 Å². The molecule has 4 heteroatoms. The highest BCUT2D eigenvalue weighted by molar-refractivity contribution is 5.98. The van der Waals surface area contributed by atoms with Crippen molar-refractivity contribution in [1.82, 2.24) is 14.5 Å². The van der Waals surface area contributed by atoms with Crippen LogP contribution in [-0.4, -0.2) is 19.6 Å². The fourth-order valence-electron chi connectivity index (χ4n) is 7.90. The van der Waals surface area contributed by atoms with Gasteiger partial charge in [-0.05, 0) is 122 Å². The molecule has 2 heterocycles. The summed E-state index contributed by atoms with van der Waals surface area (Å²) in [7, 11) is 0. The summed E-state index contributed by atoms with van der Waals surface area (Å²) in [4.78, 5) is 10.4. The van der Waals surface area contributed by atoms with Gasteiger partial charge in [0.15, 0.2) is 0 Å². The monoisotopic (exact) mass is 766 g/mol. The Hall–Kier alpha value is -7.04. The van der Waals surface area contributed by atoms with E-state index in [-0.39, 0.29) is 11.2 Å². The van der Waals surface area contributed by atoms with Crippen molar-refractivity contribution < 1.29 is 6.48 Å². The zero-order chi connectivity index (χ0) is 41.6. The van der Waals surface area contributed by atoms with E-state index in [0.29, 0.717) is 11.4 Å². The molecule has 0 saturated carbocycles. The maximum Gasteiger partial charge on any atom is 0.149 e. The molecule has 0 unspecified atom stereocenters. The molecule has 2 aromatic heterocycles. The van der Waals surface area contributed by atoms with E-state index in [1.165, 1.54) is 5.56 Å². The molecule has 0 aliphatic heterocycles. The van der Waals surface area contributed by atoms with Crippen LogP contribution < -0.4 is 0 Å². The molecule has 0 radical (unpaired) electrons. The molecule has 0 bridgehead atoms. The van der Waals surface area contributed by atoms with Crippen molar-refractivity contribution in [3.8, 4) is 78.6 Å². The summed E-state index contributed by atoms with van der Waals surface area (Å²) >= 11 is 0. The van der Waals surface area contributed by atoms with Gasteiger partial charge in [-0.3, -0.25) is 9.55 Å². The lowest BCUT2D eigenvalue weighted by Gasteiger charge is -2.22. The van der Waals surface area contributed by atoms with Gasteiger partial charge in [0, 0.05) is 24.4 Å². The zero-order valence-corrected chi connectivity index (χ0v) is 34.1. The Morgan fingerprint density at radius 2 is 1.15 bits per heavy atom. The Balaban J connectivity index is 1.27. The number of phenolic OH excluding ortho intramolecular Hbond substituents is 1. The van der Waals surface area contributed by atoms with Crippen molar-refractivity contribution >= 4 is 11.0 Å². The third kappa shape index (κ3) is 7.46. The second kappa shape index (κ2) is 15.4. The number of nitrogens with zero attached hydrogens (tertiary/aromatic N) is 3. The van der Waals surface area contributed by atoms with Crippen LogP contribution in [0, 0.1) is 0 Å². The Labute approximate surface area is 348 Å². The van der Waals surface area contributed by atoms with Crippen LogP contribution in [0.25, 0.3) is 83.9 Å². The number of benzene rings is 7. The van der Waals surface area contributed by atoms with Crippen molar-refractivity contribution in [3.63, 3.8) is 0 Å². The van der Waals surface area contributed by atoms with E-state index in [2.05, 4.69) is 147 Å². The van der Waals surface area contributed by atoms with E-state index in [1.807, 2.05) is 68.6 Å². The molecule has 0 atom stereocenters. The van der Waals surface area contributed by atoms with Crippen LogP contribution in [0.1, 0.15) is 53.0 Å². The average molecular weight is 767 g/mol. The quantitative estimate of drug-likeness (QED) is 0.168. The summed E-state index contributed by atoms with van der Waals surface area (Å²) in [5.41, 5.74) is 15.8. The number of rotatable bonds is 8. The maximum absolute atomic E-state index is 11.4. The number of phenols is 1. The number of pyridine rings is 1. The van der Waals surface area contributed by atoms with Crippen molar-refractivity contribution in [1.29, 1.82) is 0 Å². The summed E-state index contributed by atoms with van der Waals surface area (Å²) in [5, 5.41) is 11.4. The first-order valence-corrected chi connectivity index (χ1v) is 20.2. The second-order valence-electron chi connectivity index (χ2n) is 16.5. The number of aromatic hydroxyl groups is 1. The number of aromatic nitrogens is 3. The predicted molar refractivity (Wildman–Crippen MR) is 246 cm³/mol. The van der Waals surface area contributed by atoms with Crippen LogP contribution in [0.2, 0.25) is 0 Å². The van der Waals surface area contributed by atoms with Crippen molar-refractivity contribution in [2.45, 2.75) is 45.9 Å². The van der Waals surface area contributed by atoms with Crippen LogP contribution in [0.4, 0.5) is 0 Å². The smallest absolute Gasteiger partial charge is 0.149 e. The summed E-state index contributed by atoms with van der Waals surface area (Å²) in [5.74, 6) is 0.163. The summed E-state index contributed by atoms with van der Waals surface area (Å²) in [6.45, 7) is 10.5. The Morgan fingerprint density at radius 3 is 1.83 bits per heavy atom. The van der Waals surface area contributed by atoms with Crippen molar-refractivity contribution in [2.24, 2.45) is 0 Å². The largest absolute Gasteiger partial charge is 0.507 e. The molecule has 0 saturated heterocycles. The van der Waals surface area contributed by atoms with E-state index in [9.17, 15) is 5.11 Å². The molecule has 9 rings (SSSR count). The number of para-hydroxylation sites is 2. The molecule has 9 aromatic rings. The van der Waals surface area contributed by atoms with Gasteiger partial charge < -0.3 is 5.11 Å². The summed E-state index contributed by atoms with van der Waals surface area (Å²) < 4.78 is 10.7. The van der Waals surface area contributed by atoms with Gasteiger partial charge in [-0.25, -0.2) is 4.98 Å². The lowest BCUT2D eigenvalue weighted by atomic mass is 9.85. The lowest BCUT2D eigenvalue weighted by molar-refractivity contribution is 0.477. The van der Waals surface area contributed by atoms with Gasteiger partial charge in [0.25, 0.3) is 0 Å². The summed E-state index contributed by atoms with van der Waals surface area (Å²) in [6.07, 6.45) is 1.87. The minimum absolute atomic E-state index is 0.127. The number of fused-ring (bicyclic) bond motifs is 1. The van der Waals surface area contributed by atoms with Crippen LogP contribution in [0.5, 0.6) is 5.75 Å². The van der Waals surface area contributed by atoms with Gasteiger partial charge in [0.05, 0.1) is 22.3 Å². The molecule has 7 aromatic carbocycles. The van der Waals surface area contributed by atoms with E-state index in [1.54, 1.807) is 6.07 Å². The number of imidazole rings is 1. The van der Waals surface area contributed by atoms with E-state index < -0.39 is 5.89 Å². The first kappa shape index (κ1) is 36.3. The van der Waals surface area contributed by atoms with Crippen LogP contribution in [0.3, 0.4) is 0 Å². The molecule has 0 amide bonds. The Bertz CT molecular complexity index is 2990. The molecule has 4 nitrogen and oxygen atoms in total. The average Bonchev–Trinajstić information content (AvgIpc) is 3.66. The molecule has 1 N–H and O–H groups in total. The highest BCUT2D eigenvalue weighted by Gasteiger charge is 2.23. The van der Waals surface area contributed by atoms with Crippen LogP contribution in [0.15, 0.2) is 182 Å². The SMILES string of the molecule is [2H]C(C)(C)c1ccc(-c2ccnc(-c3cc(-c4ccccc4)cc(-c4cccc5c4nc(-c4ccccc4O)n5-c4cc(-c5ccccc5)cc(C(C)(C)C)c4)c3)c2)cc1. The molecule has 0 fully saturated rings. The summed E-state index contributed by atoms with van der Waals surface area (Å²) in [6, 6.07) is 60.7. The second-order valence-corrected chi connectivity index (χ2v) is 16.5. The number of hydrogen-bond acceptors (Lipinski definition) is 3. The normalized spacial score (nSPS) is 12.1.